The lowest BCUT2D eigenvalue weighted by molar-refractivity contribution is 0.101. The van der Waals surface area contributed by atoms with Gasteiger partial charge in [0.2, 0.25) is 0 Å². The number of carbonyl (C=O) groups is 1. The second-order valence-corrected chi connectivity index (χ2v) is 3.70. The number of hydrogen-bond donors (Lipinski definition) is 0. The first-order chi connectivity index (χ1) is 7.06. The van der Waals surface area contributed by atoms with Crippen LogP contribution in [-0.4, -0.2) is 12.9 Å². The summed E-state index contributed by atoms with van der Waals surface area (Å²) in [5.74, 6) is 0.664. The maximum atomic E-state index is 11.5. The van der Waals surface area contributed by atoms with Gasteiger partial charge in [-0.15, -0.1) is 0 Å². The summed E-state index contributed by atoms with van der Waals surface area (Å²) in [6, 6.07) is 5.62. The van der Waals surface area contributed by atoms with Crippen molar-refractivity contribution in [1.82, 2.24) is 0 Å². The Labute approximate surface area is 90.6 Å². The third-order valence-corrected chi connectivity index (χ3v) is 2.07. The fourth-order valence-corrected chi connectivity index (χ4v) is 1.53. The Morgan fingerprint density at radius 1 is 1.27 bits per heavy atom. The van der Waals surface area contributed by atoms with Crippen LogP contribution >= 0.6 is 0 Å². The zero-order valence-electron chi connectivity index (χ0n) is 9.63. The zero-order valence-corrected chi connectivity index (χ0v) is 9.63. The van der Waals surface area contributed by atoms with Gasteiger partial charge in [0.1, 0.15) is 5.75 Å². The number of ether oxygens (including phenoxy) is 1. The van der Waals surface area contributed by atoms with E-state index in [0.717, 1.165) is 11.1 Å². The van der Waals surface area contributed by atoms with Crippen molar-refractivity contribution in [3.05, 3.63) is 34.9 Å². The van der Waals surface area contributed by atoms with Crippen LogP contribution in [0.3, 0.4) is 0 Å². The standard InChI is InChI=1S/C13H16O2/c1-9(2)8-11-6-5-7-12(15-4)13(11)10(3)14/h5-8H,1-4H3. The average Bonchev–Trinajstić information content (AvgIpc) is 2.15. The number of hydrogen-bond acceptors (Lipinski definition) is 2. The summed E-state index contributed by atoms with van der Waals surface area (Å²) in [6.07, 6.45) is 1.99. The second kappa shape index (κ2) is 4.78. The molecular formula is C13H16O2. The van der Waals surface area contributed by atoms with Gasteiger partial charge in [-0.1, -0.05) is 23.8 Å². The van der Waals surface area contributed by atoms with E-state index < -0.39 is 0 Å². The van der Waals surface area contributed by atoms with E-state index in [1.807, 2.05) is 32.1 Å². The summed E-state index contributed by atoms with van der Waals surface area (Å²) >= 11 is 0. The molecule has 0 atom stereocenters. The van der Waals surface area contributed by atoms with Gasteiger partial charge in [0.05, 0.1) is 12.7 Å². The number of allylic oxidation sites excluding steroid dienone is 1. The molecule has 0 aromatic heterocycles. The first-order valence-electron chi connectivity index (χ1n) is 4.89. The number of carbonyl (C=O) groups excluding carboxylic acids is 1. The van der Waals surface area contributed by atoms with Gasteiger partial charge in [0.15, 0.2) is 5.78 Å². The first-order valence-corrected chi connectivity index (χ1v) is 4.89. The van der Waals surface area contributed by atoms with E-state index in [0.29, 0.717) is 11.3 Å². The van der Waals surface area contributed by atoms with Gasteiger partial charge in [0.25, 0.3) is 0 Å². The molecule has 0 saturated carbocycles. The number of benzene rings is 1. The molecule has 0 amide bonds. The lowest BCUT2D eigenvalue weighted by atomic mass is 10.0. The molecule has 0 aliphatic heterocycles. The lowest BCUT2D eigenvalue weighted by Crippen LogP contribution is -2.00. The first kappa shape index (κ1) is 11.5. The van der Waals surface area contributed by atoms with Gasteiger partial charge in [-0.05, 0) is 32.4 Å². The molecule has 0 N–H and O–H groups in total. The highest BCUT2D eigenvalue weighted by atomic mass is 16.5. The number of methoxy groups -OCH3 is 1. The van der Waals surface area contributed by atoms with E-state index in [2.05, 4.69) is 0 Å². The number of rotatable bonds is 3. The van der Waals surface area contributed by atoms with Gasteiger partial charge in [-0.2, -0.15) is 0 Å². The molecule has 0 unspecified atom stereocenters. The van der Waals surface area contributed by atoms with E-state index in [4.69, 9.17) is 4.74 Å². The van der Waals surface area contributed by atoms with Crippen molar-refractivity contribution >= 4 is 11.9 Å². The molecule has 0 heterocycles. The third-order valence-electron chi connectivity index (χ3n) is 2.07. The molecule has 0 spiro atoms. The van der Waals surface area contributed by atoms with Crippen LogP contribution in [0.5, 0.6) is 5.75 Å². The highest BCUT2D eigenvalue weighted by molar-refractivity contribution is 6.00. The number of Topliss-reactive ketones (excluding diaryl/α,β-unsaturated/α-hetero) is 1. The van der Waals surface area contributed by atoms with Crippen molar-refractivity contribution in [2.45, 2.75) is 20.8 Å². The SMILES string of the molecule is COc1cccc(C=C(C)C)c1C(C)=O. The van der Waals surface area contributed by atoms with Crippen molar-refractivity contribution in [3.63, 3.8) is 0 Å². The summed E-state index contributed by atoms with van der Waals surface area (Å²) < 4.78 is 5.18. The van der Waals surface area contributed by atoms with Crippen molar-refractivity contribution in [1.29, 1.82) is 0 Å². The van der Waals surface area contributed by atoms with E-state index >= 15 is 0 Å². The fraction of sp³-hybridized carbons (Fsp3) is 0.308. The monoisotopic (exact) mass is 204 g/mol. The van der Waals surface area contributed by atoms with Crippen molar-refractivity contribution in [2.24, 2.45) is 0 Å². The summed E-state index contributed by atoms with van der Waals surface area (Å²) in [7, 11) is 1.58. The smallest absolute Gasteiger partial charge is 0.164 e. The quantitative estimate of drug-likeness (QED) is 0.706. The van der Waals surface area contributed by atoms with Gasteiger partial charge in [-0.3, -0.25) is 4.79 Å². The van der Waals surface area contributed by atoms with Gasteiger partial charge >= 0.3 is 0 Å². The van der Waals surface area contributed by atoms with Crippen molar-refractivity contribution < 1.29 is 9.53 Å². The molecule has 0 bridgehead atoms. The minimum Gasteiger partial charge on any atom is -0.496 e. The Morgan fingerprint density at radius 2 is 1.93 bits per heavy atom. The largest absolute Gasteiger partial charge is 0.496 e. The van der Waals surface area contributed by atoms with E-state index in [1.54, 1.807) is 20.1 Å². The van der Waals surface area contributed by atoms with E-state index in [1.165, 1.54) is 0 Å². The molecule has 2 heteroatoms. The highest BCUT2D eigenvalue weighted by Gasteiger charge is 2.11. The summed E-state index contributed by atoms with van der Waals surface area (Å²) in [5.41, 5.74) is 2.73. The molecule has 1 aromatic rings. The van der Waals surface area contributed by atoms with Crippen molar-refractivity contribution in [3.8, 4) is 5.75 Å². The Kier molecular flexibility index (Phi) is 3.67. The molecule has 1 rings (SSSR count). The number of ketones is 1. The predicted octanol–water partition coefficient (Wildman–Crippen LogP) is 3.32. The Bertz CT molecular complexity index is 399. The maximum Gasteiger partial charge on any atom is 0.164 e. The van der Waals surface area contributed by atoms with Gasteiger partial charge < -0.3 is 4.74 Å². The Balaban J connectivity index is 3.38. The molecular weight excluding hydrogens is 188 g/mol. The molecule has 0 fully saturated rings. The predicted molar refractivity (Wildman–Crippen MR) is 62.3 cm³/mol. The van der Waals surface area contributed by atoms with Gasteiger partial charge in [-0.25, -0.2) is 0 Å². The third kappa shape index (κ3) is 2.69. The fourth-order valence-electron chi connectivity index (χ4n) is 1.53. The second-order valence-electron chi connectivity index (χ2n) is 3.70. The minimum atomic E-state index is 0.0277. The molecule has 0 aliphatic rings. The maximum absolute atomic E-state index is 11.5. The van der Waals surface area contributed by atoms with Crippen LogP contribution in [0, 0.1) is 0 Å². The van der Waals surface area contributed by atoms with Crippen LogP contribution in [0.2, 0.25) is 0 Å². The van der Waals surface area contributed by atoms with Crippen LogP contribution in [0.25, 0.3) is 6.08 Å². The molecule has 0 aliphatic carbocycles. The molecule has 0 saturated heterocycles. The topological polar surface area (TPSA) is 26.3 Å². The summed E-state index contributed by atoms with van der Waals surface area (Å²) in [6.45, 7) is 5.56. The Morgan fingerprint density at radius 3 is 2.40 bits per heavy atom. The summed E-state index contributed by atoms with van der Waals surface area (Å²) in [5, 5.41) is 0. The van der Waals surface area contributed by atoms with Crippen LogP contribution < -0.4 is 4.74 Å². The highest BCUT2D eigenvalue weighted by Crippen LogP contribution is 2.24. The molecule has 1 aromatic carbocycles. The van der Waals surface area contributed by atoms with Crippen molar-refractivity contribution in [2.75, 3.05) is 7.11 Å². The lowest BCUT2D eigenvalue weighted by Gasteiger charge is -2.09. The summed E-state index contributed by atoms with van der Waals surface area (Å²) in [4.78, 5) is 11.5. The van der Waals surface area contributed by atoms with Crippen LogP contribution in [0.15, 0.2) is 23.8 Å². The van der Waals surface area contributed by atoms with Crippen LogP contribution in [-0.2, 0) is 0 Å². The van der Waals surface area contributed by atoms with E-state index in [-0.39, 0.29) is 5.78 Å². The van der Waals surface area contributed by atoms with E-state index in [9.17, 15) is 4.79 Å². The molecule has 15 heavy (non-hydrogen) atoms. The minimum absolute atomic E-state index is 0.0277. The normalized spacial score (nSPS) is 9.60. The van der Waals surface area contributed by atoms with Gasteiger partial charge in [0, 0.05) is 0 Å². The average molecular weight is 204 g/mol. The zero-order chi connectivity index (χ0) is 11.4. The molecule has 80 valence electrons. The molecule has 2 nitrogen and oxygen atoms in total. The Hall–Kier alpha value is -1.57. The molecule has 0 radical (unpaired) electrons. The van der Waals surface area contributed by atoms with Crippen LogP contribution in [0.1, 0.15) is 36.7 Å². The van der Waals surface area contributed by atoms with Crippen LogP contribution in [0.4, 0.5) is 0 Å².